The van der Waals surface area contributed by atoms with E-state index in [2.05, 4.69) is 79.2 Å². The summed E-state index contributed by atoms with van der Waals surface area (Å²) in [5.74, 6) is 0. The van der Waals surface area contributed by atoms with Crippen LogP contribution in [-0.4, -0.2) is 50.3 Å². The van der Waals surface area contributed by atoms with Gasteiger partial charge in [-0.15, -0.1) is 0 Å². The van der Waals surface area contributed by atoms with E-state index in [9.17, 15) is 0 Å². The average molecular weight is 368 g/mol. The molecule has 0 spiro atoms. The summed E-state index contributed by atoms with van der Waals surface area (Å²) in [6.07, 6.45) is 5.82. The first-order chi connectivity index (χ1) is 9.32. The normalized spacial score (nSPS) is 10.7. The summed E-state index contributed by atoms with van der Waals surface area (Å²) >= 11 is 0. The summed E-state index contributed by atoms with van der Waals surface area (Å²) in [5, 5.41) is 0. The van der Waals surface area contributed by atoms with Crippen molar-refractivity contribution in [2.24, 2.45) is 0 Å². The van der Waals surface area contributed by atoms with Gasteiger partial charge in [-0.1, -0.05) is 30.3 Å². The minimum Gasteiger partial charge on any atom is -1.00 e. The van der Waals surface area contributed by atoms with Crippen LogP contribution in [-0.2, 0) is 6.54 Å². The fraction of sp³-hybridized carbons (Fsp3) is 0.667. The van der Waals surface area contributed by atoms with Gasteiger partial charge in [-0.2, -0.15) is 0 Å². The Labute approximate surface area is 152 Å². The molecule has 4 heteroatoms. The molecule has 0 aliphatic heterocycles. The van der Waals surface area contributed by atoms with Crippen LogP contribution in [0.1, 0.15) is 33.3 Å². The zero-order valence-electron chi connectivity index (χ0n) is 15.6. The minimum absolute atomic E-state index is 0. The van der Waals surface area contributed by atoms with E-state index >= 15 is 0 Å². The molecule has 0 amide bonds. The average Bonchev–Trinajstić information content (AvgIpc) is 2.42. The zero-order valence-corrected chi connectivity index (χ0v) is 18.0. The molecule has 1 aromatic carbocycles. The van der Waals surface area contributed by atoms with Crippen LogP contribution in [0.15, 0.2) is 30.3 Å². The lowest BCUT2D eigenvalue weighted by Crippen LogP contribution is -3.00. The summed E-state index contributed by atoms with van der Waals surface area (Å²) in [6, 6.07) is 10.6. The molecule has 0 aromatic heterocycles. The van der Waals surface area contributed by atoms with Crippen molar-refractivity contribution in [3.63, 3.8) is 0 Å². The van der Waals surface area contributed by atoms with E-state index in [0.717, 1.165) is 11.0 Å². The minimum atomic E-state index is -0.420. The maximum absolute atomic E-state index is 2.35. The largest absolute Gasteiger partial charge is 1.00 e. The van der Waals surface area contributed by atoms with Crippen molar-refractivity contribution in [3.8, 4) is 0 Å². The highest BCUT2D eigenvalue weighted by Crippen LogP contribution is 2.57. The summed E-state index contributed by atoms with van der Waals surface area (Å²) in [4.78, 5) is 0. The first-order valence-corrected chi connectivity index (χ1v) is 10.5. The second-order valence-electron chi connectivity index (χ2n) is 6.54. The van der Waals surface area contributed by atoms with Crippen LogP contribution in [0.3, 0.4) is 0 Å². The van der Waals surface area contributed by atoms with Crippen LogP contribution in [0.2, 0.25) is 0 Å². The third-order valence-corrected chi connectivity index (χ3v) is 9.55. The maximum atomic E-state index is 2.35. The van der Waals surface area contributed by atoms with Gasteiger partial charge in [-0.25, -0.2) is 0 Å². The van der Waals surface area contributed by atoms with E-state index in [0.29, 0.717) is 0 Å². The lowest BCUT2D eigenvalue weighted by molar-refractivity contribution is -0.884. The van der Waals surface area contributed by atoms with E-state index < -0.39 is 7.26 Å². The lowest BCUT2D eigenvalue weighted by atomic mass is 10.2. The van der Waals surface area contributed by atoms with Crippen molar-refractivity contribution in [1.82, 2.24) is 0 Å². The van der Waals surface area contributed by atoms with Crippen LogP contribution >= 0.6 is 7.26 Å². The third-order valence-electron chi connectivity index (χ3n) is 4.18. The standard InChI is InChI=1S/C10H16N.C8H20P.2ClH/c1-11(2,3)9-10-7-5-4-6-8-10;1-5-9(6-2,7-3)8-4;;/h4-8H,9H2,1-3H3;5-8H2,1-4H3;2*1H/q2*+1;;/p-2. The molecule has 0 saturated heterocycles. The Balaban J connectivity index is -0.000000307. The zero-order chi connectivity index (χ0) is 15.6. The van der Waals surface area contributed by atoms with Crippen molar-refractivity contribution in [2.45, 2.75) is 34.2 Å². The Hall–Kier alpha value is 0.190. The molecule has 0 bridgehead atoms. The molecule has 1 aromatic rings. The first-order valence-electron chi connectivity index (χ1n) is 8.02. The Morgan fingerprint density at radius 1 is 0.727 bits per heavy atom. The first kappa shape index (κ1) is 27.1. The van der Waals surface area contributed by atoms with Crippen LogP contribution in [0.4, 0.5) is 0 Å². The van der Waals surface area contributed by atoms with Crippen molar-refractivity contribution in [2.75, 3.05) is 45.8 Å². The number of benzene rings is 1. The molecule has 1 rings (SSSR count). The Morgan fingerprint density at radius 3 is 1.32 bits per heavy atom. The van der Waals surface area contributed by atoms with E-state index in [1.807, 2.05) is 0 Å². The Kier molecular flexibility index (Phi) is 16.7. The second-order valence-corrected chi connectivity index (χ2v) is 11.8. The Morgan fingerprint density at radius 2 is 1.09 bits per heavy atom. The highest BCUT2D eigenvalue weighted by atomic mass is 35.5. The number of quaternary nitrogens is 1. The lowest BCUT2D eigenvalue weighted by Gasteiger charge is -2.23. The van der Waals surface area contributed by atoms with Gasteiger partial charge in [0.05, 0.1) is 45.8 Å². The molecule has 0 aliphatic rings. The predicted octanol–water partition coefficient (Wildman–Crippen LogP) is -1.02. The number of rotatable bonds is 6. The van der Waals surface area contributed by atoms with E-state index in [1.54, 1.807) is 0 Å². The number of nitrogens with zero attached hydrogens (tertiary/aromatic N) is 1. The molecule has 0 atom stereocenters. The monoisotopic (exact) mass is 367 g/mol. The quantitative estimate of drug-likeness (QED) is 0.446. The molecule has 0 N–H and O–H groups in total. The van der Waals surface area contributed by atoms with E-state index in [-0.39, 0.29) is 24.8 Å². The second kappa shape index (κ2) is 13.6. The molecule has 0 radical (unpaired) electrons. The topological polar surface area (TPSA) is 0 Å². The predicted molar refractivity (Wildman–Crippen MR) is 97.3 cm³/mol. The maximum Gasteiger partial charge on any atom is 0.104 e. The highest BCUT2D eigenvalue weighted by molar-refractivity contribution is 7.75. The van der Waals surface area contributed by atoms with Gasteiger partial charge >= 0.3 is 0 Å². The molecule has 1 nitrogen and oxygen atoms in total. The summed E-state index contributed by atoms with van der Waals surface area (Å²) in [7, 11) is 6.18. The number of hydrogen-bond acceptors (Lipinski definition) is 0. The van der Waals surface area contributed by atoms with Gasteiger partial charge in [0.1, 0.15) is 6.54 Å². The molecule has 0 unspecified atom stereocenters. The van der Waals surface area contributed by atoms with Gasteiger partial charge in [-0.05, 0) is 27.7 Å². The molecule has 132 valence electrons. The summed E-state index contributed by atoms with van der Waals surface area (Å²) in [5.41, 5.74) is 1.40. The van der Waals surface area contributed by atoms with Crippen LogP contribution in [0.5, 0.6) is 0 Å². The molecular weight excluding hydrogens is 332 g/mol. The number of hydrogen-bond donors (Lipinski definition) is 0. The van der Waals surface area contributed by atoms with Crippen LogP contribution < -0.4 is 24.8 Å². The smallest absolute Gasteiger partial charge is 0.104 e. The Bertz CT molecular complexity index is 328. The molecular formula is C18H36Cl2NP. The molecule has 0 aliphatic carbocycles. The summed E-state index contributed by atoms with van der Waals surface area (Å²) in [6.45, 7) is 10.5. The SMILES string of the molecule is CC[P+](CC)(CC)CC.C[N+](C)(C)Cc1ccccc1.[Cl-].[Cl-]. The fourth-order valence-corrected chi connectivity index (χ4v) is 5.16. The van der Waals surface area contributed by atoms with Gasteiger partial charge in [-0.3, -0.25) is 0 Å². The van der Waals surface area contributed by atoms with Crippen LogP contribution in [0, 0.1) is 0 Å². The van der Waals surface area contributed by atoms with Crippen molar-refractivity contribution in [3.05, 3.63) is 35.9 Å². The van der Waals surface area contributed by atoms with Crippen molar-refractivity contribution >= 4 is 7.26 Å². The van der Waals surface area contributed by atoms with Gasteiger partial charge in [0.2, 0.25) is 0 Å². The van der Waals surface area contributed by atoms with E-state index in [4.69, 9.17) is 0 Å². The van der Waals surface area contributed by atoms with Gasteiger partial charge in [0.25, 0.3) is 0 Å². The summed E-state index contributed by atoms with van der Waals surface area (Å²) < 4.78 is 0.990. The van der Waals surface area contributed by atoms with Crippen LogP contribution in [0.25, 0.3) is 0 Å². The molecule has 22 heavy (non-hydrogen) atoms. The van der Waals surface area contributed by atoms with Crippen molar-refractivity contribution < 1.29 is 29.3 Å². The number of halogens is 2. The van der Waals surface area contributed by atoms with E-state index in [1.165, 1.54) is 30.2 Å². The molecule has 0 saturated carbocycles. The van der Waals surface area contributed by atoms with Gasteiger partial charge < -0.3 is 29.3 Å². The van der Waals surface area contributed by atoms with Gasteiger partial charge in [0, 0.05) is 12.8 Å². The molecule has 0 heterocycles. The molecule has 0 fully saturated rings. The highest BCUT2D eigenvalue weighted by Gasteiger charge is 2.27. The fourth-order valence-electron chi connectivity index (χ4n) is 2.47. The van der Waals surface area contributed by atoms with Crippen molar-refractivity contribution in [1.29, 1.82) is 0 Å². The van der Waals surface area contributed by atoms with Gasteiger partial charge in [0.15, 0.2) is 0 Å². The third kappa shape index (κ3) is 11.7.